The Hall–Kier alpha value is -1.98. The highest BCUT2D eigenvalue weighted by atomic mass is 35.5. The Balaban J connectivity index is 1.94. The Kier molecular flexibility index (Phi) is 6.06. The van der Waals surface area contributed by atoms with Gasteiger partial charge in [-0.3, -0.25) is 4.79 Å². The average molecular weight is 408 g/mol. The van der Waals surface area contributed by atoms with E-state index in [4.69, 9.17) is 16.3 Å². The van der Waals surface area contributed by atoms with Crippen molar-refractivity contribution < 1.29 is 18.3 Å². The molecule has 0 aliphatic carbocycles. The molecule has 1 saturated heterocycles. The van der Waals surface area contributed by atoms with Gasteiger partial charge >= 0.3 is 0 Å². The Morgan fingerprint density at radius 1 is 1.07 bits per heavy atom. The van der Waals surface area contributed by atoms with Crippen molar-refractivity contribution in [3.63, 3.8) is 0 Å². The molecule has 28 heavy (non-hydrogen) atoms. The second-order valence-corrected chi connectivity index (χ2v) is 8.39. The summed E-state index contributed by atoms with van der Waals surface area (Å²) in [5.74, 6) is -2.02. The number of hydrogen-bond donors (Lipinski definition) is 1. The molecule has 6 heteroatoms. The van der Waals surface area contributed by atoms with Crippen LogP contribution in [0, 0.1) is 17.6 Å². The van der Waals surface area contributed by atoms with Crippen LogP contribution >= 0.6 is 11.6 Å². The van der Waals surface area contributed by atoms with Crippen molar-refractivity contribution in [3.8, 4) is 0 Å². The highest BCUT2D eigenvalue weighted by molar-refractivity contribution is 6.30. The zero-order valence-electron chi connectivity index (χ0n) is 16.1. The van der Waals surface area contributed by atoms with E-state index in [9.17, 15) is 13.6 Å². The van der Waals surface area contributed by atoms with Gasteiger partial charge < -0.3 is 10.1 Å². The smallest absolute Gasteiger partial charge is 0.222 e. The van der Waals surface area contributed by atoms with Crippen LogP contribution in [0.15, 0.2) is 42.5 Å². The maximum Gasteiger partial charge on any atom is 0.222 e. The SMILES string of the molecule is CC(C)C(=O)N[C@@]1(C)C[C@@H](c2ccc(Cl)cc2)O[C@@H](c2ccc(F)c(F)c2)C1. The fraction of sp³-hybridized carbons (Fsp3) is 0.409. The molecule has 2 aromatic carbocycles. The monoisotopic (exact) mass is 407 g/mol. The van der Waals surface area contributed by atoms with Crippen LogP contribution in [0.2, 0.25) is 5.02 Å². The molecular weight excluding hydrogens is 384 g/mol. The summed E-state index contributed by atoms with van der Waals surface area (Å²) >= 11 is 5.99. The van der Waals surface area contributed by atoms with Gasteiger partial charge in [-0.25, -0.2) is 8.78 Å². The molecule has 1 fully saturated rings. The molecule has 0 unspecified atom stereocenters. The molecule has 0 aromatic heterocycles. The van der Waals surface area contributed by atoms with E-state index in [1.54, 1.807) is 12.1 Å². The van der Waals surface area contributed by atoms with E-state index < -0.39 is 23.3 Å². The molecule has 1 N–H and O–H groups in total. The zero-order valence-corrected chi connectivity index (χ0v) is 16.9. The molecule has 0 saturated carbocycles. The van der Waals surface area contributed by atoms with E-state index >= 15 is 0 Å². The van der Waals surface area contributed by atoms with E-state index in [2.05, 4.69) is 5.32 Å². The van der Waals surface area contributed by atoms with Gasteiger partial charge in [-0.2, -0.15) is 0 Å². The predicted octanol–water partition coefficient (Wildman–Crippen LogP) is 5.74. The topological polar surface area (TPSA) is 38.3 Å². The third-order valence-corrected chi connectivity index (χ3v) is 5.36. The molecule has 150 valence electrons. The van der Waals surface area contributed by atoms with Crippen LogP contribution in [0.25, 0.3) is 0 Å². The highest BCUT2D eigenvalue weighted by Gasteiger charge is 2.40. The highest BCUT2D eigenvalue weighted by Crippen LogP contribution is 2.44. The van der Waals surface area contributed by atoms with Gasteiger partial charge in [0.15, 0.2) is 11.6 Å². The van der Waals surface area contributed by atoms with Gasteiger partial charge in [0, 0.05) is 29.3 Å². The fourth-order valence-electron chi connectivity index (χ4n) is 3.52. The summed E-state index contributed by atoms with van der Waals surface area (Å²) in [4.78, 5) is 12.4. The lowest BCUT2D eigenvalue weighted by molar-refractivity contribution is -0.131. The standard InChI is InChI=1S/C22H24ClF2NO2/c1-13(2)21(27)26-22(3)11-19(14-4-7-16(23)8-5-14)28-20(12-22)15-6-9-17(24)18(25)10-15/h4-10,13,19-20H,11-12H2,1-3H3,(H,26,27)/t19-,20+,22-/m0/s1. The summed E-state index contributed by atoms with van der Waals surface area (Å²) in [7, 11) is 0. The van der Waals surface area contributed by atoms with Gasteiger partial charge in [0.25, 0.3) is 0 Å². The van der Waals surface area contributed by atoms with E-state index in [0.717, 1.165) is 17.7 Å². The van der Waals surface area contributed by atoms with Crippen LogP contribution in [0.1, 0.15) is 56.9 Å². The Morgan fingerprint density at radius 3 is 2.21 bits per heavy atom. The van der Waals surface area contributed by atoms with E-state index in [1.807, 2.05) is 32.9 Å². The third kappa shape index (κ3) is 4.70. The maximum absolute atomic E-state index is 13.8. The van der Waals surface area contributed by atoms with Gasteiger partial charge in [-0.15, -0.1) is 0 Å². The third-order valence-electron chi connectivity index (χ3n) is 5.11. The lowest BCUT2D eigenvalue weighted by Crippen LogP contribution is -2.52. The molecule has 3 atom stereocenters. The normalized spacial score (nSPS) is 25.0. The lowest BCUT2D eigenvalue weighted by Gasteiger charge is -2.43. The fourth-order valence-corrected chi connectivity index (χ4v) is 3.65. The molecule has 0 spiro atoms. The number of halogens is 3. The number of benzene rings is 2. The summed E-state index contributed by atoms with van der Waals surface area (Å²) in [5, 5.41) is 3.74. The number of amides is 1. The van der Waals surface area contributed by atoms with E-state index in [-0.39, 0.29) is 17.9 Å². The summed E-state index contributed by atoms with van der Waals surface area (Å²) in [6.45, 7) is 5.63. The van der Waals surface area contributed by atoms with Gasteiger partial charge in [0.2, 0.25) is 5.91 Å². The first-order valence-electron chi connectivity index (χ1n) is 9.35. The van der Waals surface area contributed by atoms with Crippen molar-refractivity contribution in [2.75, 3.05) is 0 Å². The van der Waals surface area contributed by atoms with E-state index in [0.29, 0.717) is 23.4 Å². The number of rotatable bonds is 4. The van der Waals surface area contributed by atoms with E-state index in [1.165, 1.54) is 6.07 Å². The van der Waals surface area contributed by atoms with Crippen molar-refractivity contribution in [2.45, 2.75) is 51.4 Å². The molecular formula is C22H24ClF2NO2. The molecule has 0 radical (unpaired) electrons. The number of ether oxygens (including phenoxy) is 1. The minimum atomic E-state index is -0.914. The van der Waals surface area contributed by atoms with Crippen molar-refractivity contribution in [2.24, 2.45) is 5.92 Å². The molecule has 3 rings (SSSR count). The lowest BCUT2D eigenvalue weighted by atomic mass is 9.81. The predicted molar refractivity (Wildman–Crippen MR) is 105 cm³/mol. The number of carbonyl (C=O) groups excluding carboxylic acids is 1. The molecule has 1 aliphatic rings. The van der Waals surface area contributed by atoms with Crippen molar-refractivity contribution in [3.05, 3.63) is 70.2 Å². The first kappa shape index (κ1) is 20.7. The van der Waals surface area contributed by atoms with Crippen molar-refractivity contribution >= 4 is 17.5 Å². The van der Waals surface area contributed by atoms with Crippen LogP contribution in [0.5, 0.6) is 0 Å². The molecule has 1 aliphatic heterocycles. The minimum absolute atomic E-state index is 0.0525. The van der Waals surface area contributed by atoms with Crippen LogP contribution in [0.3, 0.4) is 0 Å². The first-order chi connectivity index (χ1) is 13.2. The number of nitrogens with one attached hydrogen (secondary N) is 1. The summed E-state index contributed by atoms with van der Waals surface area (Å²) < 4.78 is 33.4. The maximum atomic E-state index is 13.8. The molecule has 1 heterocycles. The minimum Gasteiger partial charge on any atom is -0.365 e. The van der Waals surface area contributed by atoms with Crippen LogP contribution in [-0.4, -0.2) is 11.4 Å². The quantitative estimate of drug-likeness (QED) is 0.701. The Labute approximate surface area is 169 Å². The van der Waals surface area contributed by atoms with Gasteiger partial charge in [0.05, 0.1) is 12.2 Å². The van der Waals surface area contributed by atoms with Gasteiger partial charge in [-0.1, -0.05) is 43.6 Å². The Bertz CT molecular complexity index is 856. The molecule has 3 nitrogen and oxygen atoms in total. The second-order valence-electron chi connectivity index (χ2n) is 7.95. The van der Waals surface area contributed by atoms with Crippen molar-refractivity contribution in [1.82, 2.24) is 5.32 Å². The summed E-state index contributed by atoms with van der Waals surface area (Å²) in [5.41, 5.74) is 0.906. The molecule has 0 bridgehead atoms. The second kappa shape index (κ2) is 8.18. The van der Waals surface area contributed by atoms with Crippen LogP contribution in [0.4, 0.5) is 8.78 Å². The summed E-state index contributed by atoms with van der Waals surface area (Å²) in [6, 6.07) is 11.1. The van der Waals surface area contributed by atoms with Gasteiger partial charge in [-0.05, 0) is 42.3 Å². The molecule has 1 amide bonds. The van der Waals surface area contributed by atoms with Crippen LogP contribution in [-0.2, 0) is 9.53 Å². The number of carbonyl (C=O) groups is 1. The average Bonchev–Trinajstić information content (AvgIpc) is 2.63. The van der Waals surface area contributed by atoms with Gasteiger partial charge in [0.1, 0.15) is 0 Å². The van der Waals surface area contributed by atoms with Crippen molar-refractivity contribution in [1.29, 1.82) is 0 Å². The molecule has 2 aromatic rings. The zero-order chi connectivity index (χ0) is 20.5. The largest absolute Gasteiger partial charge is 0.365 e. The Morgan fingerprint density at radius 2 is 1.64 bits per heavy atom. The summed E-state index contributed by atoms with van der Waals surface area (Å²) in [6.07, 6.45) is 0.219. The number of hydrogen-bond acceptors (Lipinski definition) is 2. The van der Waals surface area contributed by atoms with Crippen LogP contribution < -0.4 is 5.32 Å². The first-order valence-corrected chi connectivity index (χ1v) is 9.72.